The molecule has 0 aromatic heterocycles. The molecule has 0 amide bonds. The number of ether oxygens (including phenoxy) is 2. The molecule has 1 spiro atoms. The average molecular weight is 277 g/mol. The first-order chi connectivity index (χ1) is 9.80. The second-order valence-corrected chi connectivity index (χ2v) is 5.72. The summed E-state index contributed by atoms with van der Waals surface area (Å²) in [6.07, 6.45) is 2.76. The Morgan fingerprint density at radius 3 is 2.60 bits per heavy atom. The smallest absolute Gasteiger partial charge is 0.171 e. The first kappa shape index (κ1) is 14.0. The Morgan fingerprint density at radius 1 is 1.20 bits per heavy atom. The Bertz CT molecular complexity index is 415. The summed E-state index contributed by atoms with van der Waals surface area (Å²) in [5, 5.41) is 9.13. The van der Waals surface area contributed by atoms with Crippen LogP contribution in [0.25, 0.3) is 0 Å². The molecule has 0 radical (unpaired) electrons. The van der Waals surface area contributed by atoms with E-state index in [-0.39, 0.29) is 12.7 Å². The highest BCUT2D eigenvalue weighted by Crippen LogP contribution is 2.33. The van der Waals surface area contributed by atoms with Gasteiger partial charge in [-0.2, -0.15) is 0 Å². The lowest BCUT2D eigenvalue weighted by Crippen LogP contribution is -2.46. The van der Waals surface area contributed by atoms with E-state index in [4.69, 9.17) is 14.6 Å². The van der Waals surface area contributed by atoms with Crippen molar-refractivity contribution in [1.29, 1.82) is 0 Å². The van der Waals surface area contributed by atoms with Crippen LogP contribution in [0.5, 0.6) is 0 Å². The summed E-state index contributed by atoms with van der Waals surface area (Å²) in [4.78, 5) is 2.47. The predicted molar refractivity (Wildman–Crippen MR) is 76.5 cm³/mol. The minimum atomic E-state index is -0.420. The molecule has 1 atom stereocenters. The Morgan fingerprint density at radius 2 is 1.95 bits per heavy atom. The van der Waals surface area contributed by atoms with E-state index in [2.05, 4.69) is 35.2 Å². The number of rotatable bonds is 4. The van der Waals surface area contributed by atoms with E-state index in [0.29, 0.717) is 6.61 Å². The fourth-order valence-corrected chi connectivity index (χ4v) is 3.02. The summed E-state index contributed by atoms with van der Waals surface area (Å²) in [7, 11) is 0. The summed E-state index contributed by atoms with van der Waals surface area (Å²) in [5.41, 5.74) is 1.39. The Balaban J connectivity index is 1.45. The van der Waals surface area contributed by atoms with E-state index in [1.165, 1.54) is 5.56 Å². The molecular weight excluding hydrogens is 254 g/mol. The third kappa shape index (κ3) is 3.20. The maximum atomic E-state index is 9.13. The van der Waals surface area contributed by atoms with E-state index < -0.39 is 5.79 Å². The maximum Gasteiger partial charge on any atom is 0.171 e. The largest absolute Gasteiger partial charge is 0.394 e. The average Bonchev–Trinajstić information content (AvgIpc) is 2.91. The van der Waals surface area contributed by atoms with Gasteiger partial charge in [-0.05, 0) is 12.0 Å². The molecule has 1 aromatic rings. The third-order valence-electron chi connectivity index (χ3n) is 4.29. The predicted octanol–water partition coefficient (Wildman–Crippen LogP) is 1.43. The number of aliphatic hydroxyl groups excluding tert-OH is 1. The number of likely N-dealkylation sites (tertiary alicyclic amines) is 1. The van der Waals surface area contributed by atoms with Crippen LogP contribution >= 0.6 is 0 Å². The molecule has 1 N–H and O–H groups in total. The molecule has 1 unspecified atom stereocenters. The molecule has 110 valence electrons. The number of hydrogen-bond donors (Lipinski definition) is 1. The Hall–Kier alpha value is -0.940. The molecule has 0 bridgehead atoms. The van der Waals surface area contributed by atoms with E-state index in [1.54, 1.807) is 0 Å². The van der Waals surface area contributed by atoms with Crippen molar-refractivity contribution in [2.24, 2.45) is 0 Å². The second-order valence-electron chi connectivity index (χ2n) is 5.72. The van der Waals surface area contributed by atoms with Crippen LogP contribution in [0.15, 0.2) is 30.3 Å². The second kappa shape index (κ2) is 6.22. The van der Waals surface area contributed by atoms with Crippen LogP contribution in [-0.4, -0.2) is 54.7 Å². The standard InChI is InChI=1S/C16H23NO3/c18-12-15-13-19-16(20-15)7-10-17(11-8-16)9-6-14-4-2-1-3-5-14/h1-5,15,18H,6-13H2. The highest BCUT2D eigenvalue weighted by Gasteiger charge is 2.43. The van der Waals surface area contributed by atoms with Crippen LogP contribution in [-0.2, 0) is 15.9 Å². The van der Waals surface area contributed by atoms with E-state index in [9.17, 15) is 0 Å². The van der Waals surface area contributed by atoms with Crippen molar-refractivity contribution in [3.8, 4) is 0 Å². The van der Waals surface area contributed by atoms with Gasteiger partial charge in [0.1, 0.15) is 6.10 Å². The fraction of sp³-hybridized carbons (Fsp3) is 0.625. The summed E-state index contributed by atoms with van der Waals surface area (Å²) in [6, 6.07) is 10.6. The molecule has 20 heavy (non-hydrogen) atoms. The van der Waals surface area contributed by atoms with Crippen LogP contribution in [0, 0.1) is 0 Å². The molecule has 4 heteroatoms. The fourth-order valence-electron chi connectivity index (χ4n) is 3.02. The van der Waals surface area contributed by atoms with Crippen molar-refractivity contribution in [3.63, 3.8) is 0 Å². The van der Waals surface area contributed by atoms with E-state index in [0.717, 1.165) is 38.9 Å². The third-order valence-corrected chi connectivity index (χ3v) is 4.29. The normalized spacial score (nSPS) is 26.1. The molecule has 2 saturated heterocycles. The molecule has 2 fully saturated rings. The molecule has 3 rings (SSSR count). The Kier molecular flexibility index (Phi) is 4.36. The van der Waals surface area contributed by atoms with Gasteiger partial charge in [-0.1, -0.05) is 30.3 Å². The zero-order chi connectivity index (χ0) is 13.8. The first-order valence-electron chi connectivity index (χ1n) is 7.49. The van der Waals surface area contributed by atoms with Crippen molar-refractivity contribution in [2.45, 2.75) is 31.2 Å². The van der Waals surface area contributed by atoms with Crippen LogP contribution in [0.3, 0.4) is 0 Å². The van der Waals surface area contributed by atoms with E-state index >= 15 is 0 Å². The molecule has 0 saturated carbocycles. The molecule has 2 aliphatic rings. The van der Waals surface area contributed by atoms with Gasteiger partial charge in [-0.3, -0.25) is 0 Å². The zero-order valence-corrected chi connectivity index (χ0v) is 11.8. The van der Waals surface area contributed by atoms with Gasteiger partial charge in [0.15, 0.2) is 5.79 Å². The number of piperidine rings is 1. The van der Waals surface area contributed by atoms with Gasteiger partial charge in [0.25, 0.3) is 0 Å². The van der Waals surface area contributed by atoms with Crippen molar-refractivity contribution < 1.29 is 14.6 Å². The molecule has 1 aromatic carbocycles. The SMILES string of the molecule is OCC1COC2(CCN(CCc3ccccc3)CC2)O1. The lowest BCUT2D eigenvalue weighted by molar-refractivity contribution is -0.197. The molecule has 0 aliphatic carbocycles. The zero-order valence-electron chi connectivity index (χ0n) is 11.8. The topological polar surface area (TPSA) is 41.9 Å². The van der Waals surface area contributed by atoms with Gasteiger partial charge in [-0.15, -0.1) is 0 Å². The van der Waals surface area contributed by atoms with Gasteiger partial charge < -0.3 is 19.5 Å². The summed E-state index contributed by atoms with van der Waals surface area (Å²) in [6.45, 7) is 3.68. The minimum absolute atomic E-state index is 0.0550. The lowest BCUT2D eigenvalue weighted by atomic mass is 10.0. The summed E-state index contributed by atoms with van der Waals surface area (Å²) < 4.78 is 11.6. The maximum absolute atomic E-state index is 9.13. The van der Waals surface area contributed by atoms with Gasteiger partial charge in [0.2, 0.25) is 0 Å². The first-order valence-corrected chi connectivity index (χ1v) is 7.49. The number of benzene rings is 1. The van der Waals surface area contributed by atoms with Crippen LogP contribution in [0.2, 0.25) is 0 Å². The highest BCUT2D eigenvalue weighted by atomic mass is 16.7. The summed E-state index contributed by atoms with van der Waals surface area (Å²) >= 11 is 0. The van der Waals surface area contributed by atoms with Gasteiger partial charge >= 0.3 is 0 Å². The minimum Gasteiger partial charge on any atom is -0.394 e. The number of aliphatic hydroxyl groups is 1. The van der Waals surface area contributed by atoms with Crippen LogP contribution in [0.1, 0.15) is 18.4 Å². The van der Waals surface area contributed by atoms with Crippen LogP contribution < -0.4 is 0 Å². The van der Waals surface area contributed by atoms with Crippen molar-refractivity contribution >= 4 is 0 Å². The summed E-state index contributed by atoms with van der Waals surface area (Å²) in [5.74, 6) is -0.420. The van der Waals surface area contributed by atoms with Gasteiger partial charge in [0, 0.05) is 32.5 Å². The van der Waals surface area contributed by atoms with Crippen molar-refractivity contribution in [2.75, 3.05) is 32.8 Å². The molecular formula is C16H23NO3. The van der Waals surface area contributed by atoms with Crippen LogP contribution in [0.4, 0.5) is 0 Å². The highest BCUT2D eigenvalue weighted by molar-refractivity contribution is 5.14. The number of nitrogens with zero attached hydrogens (tertiary/aromatic N) is 1. The van der Waals surface area contributed by atoms with Crippen molar-refractivity contribution in [1.82, 2.24) is 4.90 Å². The quantitative estimate of drug-likeness (QED) is 0.904. The van der Waals surface area contributed by atoms with Crippen molar-refractivity contribution in [3.05, 3.63) is 35.9 Å². The monoisotopic (exact) mass is 277 g/mol. The van der Waals surface area contributed by atoms with Gasteiger partial charge in [-0.25, -0.2) is 0 Å². The Labute approximate surface area is 120 Å². The molecule has 2 aliphatic heterocycles. The lowest BCUT2D eigenvalue weighted by Gasteiger charge is -2.37. The number of hydrogen-bond acceptors (Lipinski definition) is 4. The molecule has 4 nitrogen and oxygen atoms in total. The van der Waals surface area contributed by atoms with E-state index in [1.807, 2.05) is 0 Å². The van der Waals surface area contributed by atoms with Gasteiger partial charge in [0.05, 0.1) is 13.2 Å². The molecule has 2 heterocycles.